The van der Waals surface area contributed by atoms with E-state index in [4.69, 9.17) is 4.42 Å². The second kappa shape index (κ2) is 7.62. The largest absolute Gasteiger partial charge is 0.476 e. The summed E-state index contributed by atoms with van der Waals surface area (Å²) in [5.41, 5.74) is -0.597. The number of oxazole rings is 1. The van der Waals surface area contributed by atoms with E-state index < -0.39 is 23.3 Å². The molecule has 1 fully saturated rings. The molecule has 156 valence electrons. The van der Waals surface area contributed by atoms with E-state index in [0.29, 0.717) is 18.4 Å². The summed E-state index contributed by atoms with van der Waals surface area (Å²) in [4.78, 5) is 57.2. The van der Waals surface area contributed by atoms with E-state index in [1.54, 1.807) is 11.8 Å². The molecule has 1 aliphatic rings. The number of fused-ring (bicyclic) bond motifs is 1. The van der Waals surface area contributed by atoms with Gasteiger partial charge in [-0.1, -0.05) is 0 Å². The molecular formula is C20H20N4O6. The van der Waals surface area contributed by atoms with Crippen LogP contribution in [0.4, 0.5) is 0 Å². The Labute approximate surface area is 169 Å². The van der Waals surface area contributed by atoms with Crippen LogP contribution in [0.2, 0.25) is 0 Å². The molecule has 0 radical (unpaired) electrons. The number of aromatic carboxylic acids is 1. The fraction of sp³-hybridized carbons (Fsp3) is 0.350. The Kier molecular flexibility index (Phi) is 4.98. The van der Waals surface area contributed by atoms with Crippen LogP contribution < -0.4 is 11.2 Å². The van der Waals surface area contributed by atoms with Crippen molar-refractivity contribution in [1.82, 2.24) is 19.4 Å². The molecule has 1 atom stereocenters. The van der Waals surface area contributed by atoms with Crippen LogP contribution in [0.25, 0.3) is 10.9 Å². The number of nitrogens with zero attached hydrogens (tertiary/aromatic N) is 3. The molecule has 1 unspecified atom stereocenters. The molecule has 3 heterocycles. The molecule has 1 amide bonds. The Hall–Kier alpha value is -3.69. The van der Waals surface area contributed by atoms with E-state index in [1.807, 2.05) is 0 Å². The second-order valence-electron chi connectivity index (χ2n) is 7.12. The SMILES string of the molecule is CCn1c(=O)[nH]c2cc(C(=O)N3CCCCC3c3ocnc3C(=O)O)ccc2c1=O. The summed E-state index contributed by atoms with van der Waals surface area (Å²) >= 11 is 0. The molecule has 10 heteroatoms. The van der Waals surface area contributed by atoms with Crippen LogP contribution in [0, 0.1) is 0 Å². The van der Waals surface area contributed by atoms with Crippen LogP contribution in [-0.4, -0.2) is 43.0 Å². The number of piperidine rings is 1. The van der Waals surface area contributed by atoms with Gasteiger partial charge in [0.05, 0.1) is 16.9 Å². The maximum Gasteiger partial charge on any atom is 0.358 e. The van der Waals surface area contributed by atoms with Crippen molar-refractivity contribution in [1.29, 1.82) is 0 Å². The second-order valence-corrected chi connectivity index (χ2v) is 7.12. The van der Waals surface area contributed by atoms with E-state index in [0.717, 1.165) is 23.8 Å². The van der Waals surface area contributed by atoms with Crippen molar-refractivity contribution < 1.29 is 19.1 Å². The normalized spacial score (nSPS) is 16.7. The Morgan fingerprint density at radius 3 is 2.83 bits per heavy atom. The Balaban J connectivity index is 1.74. The van der Waals surface area contributed by atoms with Crippen LogP contribution in [0.5, 0.6) is 0 Å². The van der Waals surface area contributed by atoms with Gasteiger partial charge in [0, 0.05) is 18.7 Å². The van der Waals surface area contributed by atoms with Gasteiger partial charge in [-0.2, -0.15) is 0 Å². The summed E-state index contributed by atoms with van der Waals surface area (Å²) in [6.07, 6.45) is 3.20. The van der Waals surface area contributed by atoms with Gasteiger partial charge in [-0.3, -0.25) is 14.2 Å². The number of rotatable bonds is 4. The van der Waals surface area contributed by atoms with Gasteiger partial charge in [0.25, 0.3) is 11.5 Å². The third-order valence-electron chi connectivity index (χ3n) is 5.41. The van der Waals surface area contributed by atoms with Gasteiger partial charge >= 0.3 is 11.7 Å². The molecule has 0 bridgehead atoms. The number of hydrogen-bond donors (Lipinski definition) is 2. The van der Waals surface area contributed by atoms with Crippen molar-refractivity contribution in [3.05, 3.63) is 62.4 Å². The number of carboxylic acid groups (broad SMARTS) is 1. The van der Waals surface area contributed by atoms with E-state index >= 15 is 0 Å². The van der Waals surface area contributed by atoms with Crippen molar-refractivity contribution in [3.63, 3.8) is 0 Å². The number of H-pyrrole nitrogens is 1. The smallest absolute Gasteiger partial charge is 0.358 e. The van der Waals surface area contributed by atoms with E-state index in [2.05, 4.69) is 9.97 Å². The highest BCUT2D eigenvalue weighted by Gasteiger charge is 2.34. The summed E-state index contributed by atoms with van der Waals surface area (Å²) < 4.78 is 6.42. The highest BCUT2D eigenvalue weighted by molar-refractivity contribution is 5.98. The van der Waals surface area contributed by atoms with Crippen LogP contribution >= 0.6 is 0 Å². The van der Waals surface area contributed by atoms with Gasteiger partial charge in [0.15, 0.2) is 17.8 Å². The number of carbonyl (C=O) groups excluding carboxylic acids is 1. The summed E-state index contributed by atoms with van der Waals surface area (Å²) in [5, 5.41) is 9.66. The average Bonchev–Trinajstić information content (AvgIpc) is 3.23. The average molecular weight is 412 g/mol. The standard InChI is InChI=1S/C20H20N4O6/c1-2-23-18(26)12-7-6-11(9-13(12)22-20(23)29)17(25)24-8-4-3-5-14(24)16-15(19(27)28)21-10-30-16/h6-7,9-10,14H,2-5,8H2,1H3,(H,22,29)(H,27,28). The van der Waals surface area contributed by atoms with Gasteiger partial charge in [-0.05, 0) is 44.4 Å². The molecule has 2 aromatic heterocycles. The monoisotopic (exact) mass is 412 g/mol. The zero-order valence-corrected chi connectivity index (χ0v) is 16.3. The van der Waals surface area contributed by atoms with Crippen LogP contribution in [0.15, 0.2) is 38.6 Å². The quantitative estimate of drug-likeness (QED) is 0.666. The molecule has 2 N–H and O–H groups in total. The van der Waals surface area contributed by atoms with E-state index in [9.17, 15) is 24.3 Å². The molecule has 10 nitrogen and oxygen atoms in total. The predicted octanol–water partition coefficient (Wildman–Crippen LogP) is 1.76. The maximum atomic E-state index is 13.3. The Bertz CT molecular complexity index is 1250. The molecule has 0 aliphatic carbocycles. The topological polar surface area (TPSA) is 139 Å². The molecule has 4 rings (SSSR count). The Morgan fingerprint density at radius 2 is 2.10 bits per heavy atom. The fourth-order valence-electron chi connectivity index (χ4n) is 3.94. The summed E-state index contributed by atoms with van der Waals surface area (Å²) in [6.45, 7) is 2.37. The number of aromatic nitrogens is 3. The molecular weight excluding hydrogens is 392 g/mol. The van der Waals surface area contributed by atoms with Gasteiger partial charge in [0.1, 0.15) is 0 Å². The number of carbonyl (C=O) groups is 2. The maximum absolute atomic E-state index is 13.3. The first kappa shape index (κ1) is 19.6. The number of nitrogens with one attached hydrogen (secondary N) is 1. The number of benzene rings is 1. The minimum atomic E-state index is -1.22. The molecule has 0 saturated carbocycles. The molecule has 0 spiro atoms. The lowest BCUT2D eigenvalue weighted by Crippen LogP contribution is -2.39. The molecule has 1 aromatic carbocycles. The highest BCUT2D eigenvalue weighted by atomic mass is 16.4. The van der Waals surface area contributed by atoms with Gasteiger partial charge in [-0.25, -0.2) is 14.6 Å². The van der Waals surface area contributed by atoms with Crippen molar-refractivity contribution in [2.75, 3.05) is 6.54 Å². The molecule has 30 heavy (non-hydrogen) atoms. The third-order valence-corrected chi connectivity index (χ3v) is 5.41. The molecule has 1 saturated heterocycles. The van der Waals surface area contributed by atoms with Crippen LogP contribution in [0.1, 0.15) is 58.8 Å². The lowest BCUT2D eigenvalue weighted by molar-refractivity contribution is 0.0562. The first-order valence-electron chi connectivity index (χ1n) is 9.67. The number of hydrogen-bond acceptors (Lipinski definition) is 6. The van der Waals surface area contributed by atoms with E-state index in [1.165, 1.54) is 18.2 Å². The number of aromatic amines is 1. The first-order valence-corrected chi connectivity index (χ1v) is 9.67. The number of likely N-dealkylation sites (tertiary alicyclic amines) is 1. The van der Waals surface area contributed by atoms with Crippen LogP contribution in [-0.2, 0) is 6.54 Å². The zero-order valence-electron chi connectivity index (χ0n) is 16.3. The molecule has 3 aromatic rings. The number of amides is 1. The summed E-state index contributed by atoms with van der Waals surface area (Å²) in [6, 6.07) is 3.98. The van der Waals surface area contributed by atoms with Gasteiger partial charge < -0.3 is 19.4 Å². The Morgan fingerprint density at radius 1 is 1.30 bits per heavy atom. The lowest BCUT2D eigenvalue weighted by Gasteiger charge is -2.34. The number of carboxylic acids is 1. The van der Waals surface area contributed by atoms with Crippen molar-refractivity contribution in [3.8, 4) is 0 Å². The van der Waals surface area contributed by atoms with Crippen LogP contribution in [0.3, 0.4) is 0 Å². The predicted molar refractivity (Wildman–Crippen MR) is 106 cm³/mol. The summed E-state index contributed by atoms with van der Waals surface area (Å²) in [5.74, 6) is -1.40. The van der Waals surface area contributed by atoms with Crippen molar-refractivity contribution in [2.24, 2.45) is 0 Å². The van der Waals surface area contributed by atoms with Gasteiger partial charge in [0.2, 0.25) is 0 Å². The van der Waals surface area contributed by atoms with Crippen molar-refractivity contribution >= 4 is 22.8 Å². The first-order chi connectivity index (χ1) is 14.4. The fourth-order valence-corrected chi connectivity index (χ4v) is 3.94. The summed E-state index contributed by atoms with van der Waals surface area (Å²) in [7, 11) is 0. The highest BCUT2D eigenvalue weighted by Crippen LogP contribution is 2.34. The minimum Gasteiger partial charge on any atom is -0.476 e. The van der Waals surface area contributed by atoms with Gasteiger partial charge in [-0.15, -0.1) is 0 Å². The zero-order chi connectivity index (χ0) is 21.4. The van der Waals surface area contributed by atoms with E-state index in [-0.39, 0.29) is 35.0 Å². The van der Waals surface area contributed by atoms with Crippen molar-refractivity contribution in [2.45, 2.75) is 38.8 Å². The minimum absolute atomic E-state index is 0.149. The third kappa shape index (κ3) is 3.19. The molecule has 1 aliphatic heterocycles. The lowest BCUT2D eigenvalue weighted by atomic mass is 9.97.